The Bertz CT molecular complexity index is 567. The molecule has 4 heteroatoms. The molecule has 0 N–H and O–H groups in total. The van der Waals surface area contributed by atoms with E-state index in [1.807, 2.05) is 24.3 Å². The van der Waals surface area contributed by atoms with Gasteiger partial charge in [0.1, 0.15) is 5.78 Å². The molecule has 3 nitrogen and oxygen atoms in total. The maximum absolute atomic E-state index is 11.9. The van der Waals surface area contributed by atoms with Gasteiger partial charge in [-0.2, -0.15) is 0 Å². The molecule has 0 amide bonds. The summed E-state index contributed by atoms with van der Waals surface area (Å²) in [5.41, 5.74) is 1.81. The van der Waals surface area contributed by atoms with Crippen LogP contribution < -0.4 is 4.74 Å². The minimum Gasteiger partial charge on any atom is -0.481 e. The normalized spacial score (nSPS) is 10.2. The number of benzene rings is 1. The molecular weight excluding hydrogens is 262 g/mol. The van der Waals surface area contributed by atoms with Gasteiger partial charge >= 0.3 is 0 Å². The fourth-order valence-corrected chi connectivity index (χ4v) is 2.01. The second kappa shape index (κ2) is 6.34. The Morgan fingerprint density at radius 2 is 2.00 bits per heavy atom. The first-order chi connectivity index (χ1) is 9.17. The largest absolute Gasteiger partial charge is 0.481 e. The molecule has 0 aliphatic heterocycles. The van der Waals surface area contributed by atoms with Crippen molar-refractivity contribution in [3.63, 3.8) is 0 Å². The van der Waals surface area contributed by atoms with Crippen LogP contribution in [0.3, 0.4) is 0 Å². The minimum atomic E-state index is 0.134. The predicted molar refractivity (Wildman–Crippen MR) is 74.7 cm³/mol. The summed E-state index contributed by atoms with van der Waals surface area (Å²) in [4.78, 5) is 16.0. The predicted octanol–water partition coefficient (Wildman–Crippen LogP) is 3.10. The van der Waals surface area contributed by atoms with Gasteiger partial charge < -0.3 is 4.74 Å². The number of methoxy groups -OCH3 is 1. The van der Waals surface area contributed by atoms with Gasteiger partial charge in [-0.25, -0.2) is 4.98 Å². The van der Waals surface area contributed by atoms with Gasteiger partial charge in [-0.05, 0) is 23.3 Å². The third-order valence-corrected chi connectivity index (χ3v) is 2.93. The van der Waals surface area contributed by atoms with E-state index in [9.17, 15) is 4.79 Å². The number of Topliss-reactive ketones (excluding diaryl/α,β-unsaturated/α-hetero) is 1. The molecule has 1 aromatic heterocycles. The summed E-state index contributed by atoms with van der Waals surface area (Å²) >= 11 is 5.89. The second-order valence-electron chi connectivity index (χ2n) is 4.23. The number of pyridine rings is 1. The standard InChI is InChI=1S/C15H14ClNO2/c1-19-15-6-5-12(10-17-15)9-14(18)8-11-3-2-4-13(16)7-11/h2-7,10H,8-9H2,1H3. The first kappa shape index (κ1) is 13.6. The van der Waals surface area contributed by atoms with E-state index < -0.39 is 0 Å². The van der Waals surface area contributed by atoms with E-state index in [1.54, 1.807) is 25.4 Å². The number of nitrogens with zero attached hydrogens (tertiary/aromatic N) is 1. The van der Waals surface area contributed by atoms with Crippen molar-refractivity contribution in [3.05, 3.63) is 58.7 Å². The van der Waals surface area contributed by atoms with E-state index in [0.717, 1.165) is 11.1 Å². The van der Waals surface area contributed by atoms with Crippen molar-refractivity contribution in [2.45, 2.75) is 12.8 Å². The SMILES string of the molecule is COc1ccc(CC(=O)Cc2cccc(Cl)c2)cn1. The quantitative estimate of drug-likeness (QED) is 0.842. The third-order valence-electron chi connectivity index (χ3n) is 2.70. The topological polar surface area (TPSA) is 39.2 Å². The van der Waals surface area contributed by atoms with Crippen molar-refractivity contribution in [2.24, 2.45) is 0 Å². The lowest BCUT2D eigenvalue weighted by Gasteiger charge is -2.03. The number of hydrogen-bond acceptors (Lipinski definition) is 3. The molecule has 0 bridgehead atoms. The van der Waals surface area contributed by atoms with Crippen LogP contribution in [0.15, 0.2) is 42.6 Å². The summed E-state index contributed by atoms with van der Waals surface area (Å²) in [7, 11) is 1.56. The van der Waals surface area contributed by atoms with Crippen LogP contribution in [-0.2, 0) is 17.6 Å². The van der Waals surface area contributed by atoms with Crippen molar-refractivity contribution in [2.75, 3.05) is 7.11 Å². The van der Waals surface area contributed by atoms with Crippen molar-refractivity contribution in [3.8, 4) is 5.88 Å². The first-order valence-corrected chi connectivity index (χ1v) is 6.30. The number of carbonyl (C=O) groups is 1. The lowest BCUT2D eigenvalue weighted by atomic mass is 10.0. The van der Waals surface area contributed by atoms with Crippen molar-refractivity contribution in [1.82, 2.24) is 4.98 Å². The van der Waals surface area contributed by atoms with Crippen LogP contribution in [0.1, 0.15) is 11.1 Å². The number of aromatic nitrogens is 1. The van der Waals surface area contributed by atoms with Gasteiger partial charge in [-0.15, -0.1) is 0 Å². The molecule has 0 aliphatic rings. The molecule has 0 aliphatic carbocycles. The number of halogens is 1. The number of rotatable bonds is 5. The van der Waals surface area contributed by atoms with Crippen LogP contribution in [0.4, 0.5) is 0 Å². The number of hydrogen-bond donors (Lipinski definition) is 0. The minimum absolute atomic E-state index is 0.134. The smallest absolute Gasteiger partial charge is 0.212 e. The Morgan fingerprint density at radius 3 is 2.63 bits per heavy atom. The third kappa shape index (κ3) is 4.07. The molecule has 19 heavy (non-hydrogen) atoms. The van der Waals surface area contributed by atoms with E-state index in [2.05, 4.69) is 4.98 Å². The zero-order chi connectivity index (χ0) is 13.7. The molecule has 2 rings (SSSR count). The van der Waals surface area contributed by atoms with Crippen LogP contribution in [-0.4, -0.2) is 17.9 Å². The van der Waals surface area contributed by atoms with E-state index in [1.165, 1.54) is 0 Å². The highest BCUT2D eigenvalue weighted by molar-refractivity contribution is 6.30. The fourth-order valence-electron chi connectivity index (χ4n) is 1.80. The van der Waals surface area contributed by atoms with Crippen LogP contribution in [0, 0.1) is 0 Å². The molecular formula is C15H14ClNO2. The van der Waals surface area contributed by atoms with Crippen LogP contribution >= 0.6 is 11.6 Å². The summed E-state index contributed by atoms with van der Waals surface area (Å²) < 4.78 is 4.97. The van der Waals surface area contributed by atoms with E-state index in [0.29, 0.717) is 23.7 Å². The van der Waals surface area contributed by atoms with Gasteiger partial charge in [-0.3, -0.25) is 4.79 Å². The van der Waals surface area contributed by atoms with Crippen LogP contribution in [0.25, 0.3) is 0 Å². The molecule has 1 heterocycles. The molecule has 0 atom stereocenters. The highest BCUT2D eigenvalue weighted by atomic mass is 35.5. The van der Waals surface area contributed by atoms with E-state index in [4.69, 9.17) is 16.3 Å². The van der Waals surface area contributed by atoms with Gasteiger partial charge in [0, 0.05) is 30.1 Å². The summed E-state index contributed by atoms with van der Waals surface area (Å²) in [6.45, 7) is 0. The summed E-state index contributed by atoms with van der Waals surface area (Å²) in [6.07, 6.45) is 2.41. The molecule has 98 valence electrons. The highest BCUT2D eigenvalue weighted by Gasteiger charge is 2.06. The van der Waals surface area contributed by atoms with Crippen molar-refractivity contribution in [1.29, 1.82) is 0 Å². The molecule has 0 spiro atoms. The van der Waals surface area contributed by atoms with Gasteiger partial charge in [0.25, 0.3) is 0 Å². The lowest BCUT2D eigenvalue weighted by molar-refractivity contribution is -0.117. The van der Waals surface area contributed by atoms with Crippen LogP contribution in [0.5, 0.6) is 5.88 Å². The molecule has 1 aromatic carbocycles. The second-order valence-corrected chi connectivity index (χ2v) is 4.67. The number of ether oxygens (including phenoxy) is 1. The Hall–Kier alpha value is -1.87. The Morgan fingerprint density at radius 1 is 1.21 bits per heavy atom. The maximum Gasteiger partial charge on any atom is 0.212 e. The average Bonchev–Trinajstić information content (AvgIpc) is 2.39. The van der Waals surface area contributed by atoms with Crippen molar-refractivity contribution >= 4 is 17.4 Å². The first-order valence-electron chi connectivity index (χ1n) is 5.92. The van der Waals surface area contributed by atoms with E-state index in [-0.39, 0.29) is 5.78 Å². The Labute approximate surface area is 117 Å². The Kier molecular flexibility index (Phi) is 4.53. The lowest BCUT2D eigenvalue weighted by Crippen LogP contribution is -2.06. The van der Waals surface area contributed by atoms with E-state index >= 15 is 0 Å². The molecule has 0 saturated heterocycles. The highest BCUT2D eigenvalue weighted by Crippen LogP contribution is 2.13. The molecule has 0 unspecified atom stereocenters. The molecule has 0 radical (unpaired) electrons. The van der Waals surface area contributed by atoms with Gasteiger partial charge in [0.2, 0.25) is 5.88 Å². The van der Waals surface area contributed by atoms with Gasteiger partial charge in [0.05, 0.1) is 7.11 Å². The molecule has 0 fully saturated rings. The molecule has 2 aromatic rings. The number of ketones is 1. The summed E-state index contributed by atoms with van der Waals surface area (Å²) in [6, 6.07) is 11.0. The van der Waals surface area contributed by atoms with Crippen LogP contribution in [0.2, 0.25) is 5.02 Å². The zero-order valence-corrected chi connectivity index (χ0v) is 11.4. The fraction of sp³-hybridized carbons (Fsp3) is 0.200. The average molecular weight is 276 g/mol. The maximum atomic E-state index is 11.9. The van der Waals surface area contributed by atoms with Gasteiger partial charge in [-0.1, -0.05) is 29.8 Å². The summed E-state index contributed by atoms with van der Waals surface area (Å²) in [5.74, 6) is 0.681. The monoisotopic (exact) mass is 275 g/mol. The Balaban J connectivity index is 1.97. The molecule has 0 saturated carbocycles. The zero-order valence-electron chi connectivity index (χ0n) is 10.6. The van der Waals surface area contributed by atoms with Gasteiger partial charge in [0.15, 0.2) is 0 Å². The van der Waals surface area contributed by atoms with Crippen molar-refractivity contribution < 1.29 is 9.53 Å². The summed E-state index contributed by atoms with van der Waals surface area (Å²) in [5, 5.41) is 0.649. The number of carbonyl (C=O) groups excluding carboxylic acids is 1.